The summed E-state index contributed by atoms with van der Waals surface area (Å²) in [5, 5.41) is 5.11. The number of anilines is 1. The highest BCUT2D eigenvalue weighted by atomic mass is 19.1. The van der Waals surface area contributed by atoms with Gasteiger partial charge in [-0.15, -0.1) is 5.10 Å². The summed E-state index contributed by atoms with van der Waals surface area (Å²) in [5.41, 5.74) is 8.74. The fourth-order valence-corrected chi connectivity index (χ4v) is 5.42. The van der Waals surface area contributed by atoms with Crippen LogP contribution in [0, 0.1) is 23.6 Å². The number of aromatic amines is 1. The number of aromatic nitrogens is 5. The summed E-state index contributed by atoms with van der Waals surface area (Å²) in [6.07, 6.45) is 13.4. The van der Waals surface area contributed by atoms with E-state index in [1.807, 2.05) is 6.07 Å². The number of hydrogen-bond donors (Lipinski definition) is 2. The molecule has 3 N–H and O–H groups in total. The molecule has 0 aromatic carbocycles. The molecule has 8 nitrogen and oxygen atoms in total. The van der Waals surface area contributed by atoms with Crippen LogP contribution in [-0.4, -0.2) is 30.5 Å². The molecule has 0 unspecified atom stereocenters. The Labute approximate surface area is 188 Å². The molecule has 9 heteroatoms. The number of halogens is 1. The number of nitrogens with zero attached hydrogens (tertiary/aromatic N) is 4. The first-order chi connectivity index (χ1) is 16.1. The van der Waals surface area contributed by atoms with Gasteiger partial charge in [-0.25, -0.2) is 18.9 Å². The number of ether oxygens (including phenoxy) is 1. The predicted molar refractivity (Wildman–Crippen MR) is 121 cm³/mol. The Kier molecular flexibility index (Phi) is 4.63. The monoisotopic (exact) mass is 446 g/mol. The molecule has 4 aromatic heterocycles. The molecule has 3 aliphatic carbocycles. The Bertz CT molecular complexity index is 1400. The summed E-state index contributed by atoms with van der Waals surface area (Å²) in [5.74, 6) is 1.17. The lowest BCUT2D eigenvalue weighted by atomic mass is 9.65. The third kappa shape index (κ3) is 3.44. The molecule has 0 amide bonds. The lowest BCUT2D eigenvalue weighted by molar-refractivity contribution is -0.148. The van der Waals surface area contributed by atoms with E-state index in [2.05, 4.69) is 20.1 Å². The van der Waals surface area contributed by atoms with Crippen LogP contribution in [0.1, 0.15) is 37.7 Å². The van der Waals surface area contributed by atoms with Crippen molar-refractivity contribution < 1.29 is 13.9 Å². The fraction of sp³-hybridized carbons (Fsp3) is 0.333. The quantitative estimate of drug-likeness (QED) is 0.356. The van der Waals surface area contributed by atoms with E-state index in [1.54, 1.807) is 23.0 Å². The van der Waals surface area contributed by atoms with Crippen molar-refractivity contribution >= 4 is 34.4 Å². The zero-order valence-corrected chi connectivity index (χ0v) is 17.9. The number of esters is 1. The molecule has 0 radical (unpaired) electrons. The number of fused-ring (bicyclic) bond motifs is 5. The normalized spacial score (nSPS) is 22.5. The molecular formula is C24H23FN6O2. The minimum atomic E-state index is -0.443. The van der Waals surface area contributed by atoms with E-state index in [0.717, 1.165) is 31.0 Å². The second-order valence-electron chi connectivity index (χ2n) is 9.00. The zero-order chi connectivity index (χ0) is 22.5. The maximum absolute atomic E-state index is 13.7. The summed E-state index contributed by atoms with van der Waals surface area (Å²) < 4.78 is 20.8. The third-order valence-electron chi connectivity index (χ3n) is 7.09. The van der Waals surface area contributed by atoms with Crippen molar-refractivity contribution in [3.63, 3.8) is 0 Å². The first kappa shape index (κ1) is 19.9. The smallest absolute Gasteiger partial charge is 0.314 e. The van der Waals surface area contributed by atoms with Gasteiger partial charge in [-0.05, 0) is 49.3 Å². The second-order valence-corrected chi connectivity index (χ2v) is 9.00. The minimum absolute atomic E-state index is 0.0133. The summed E-state index contributed by atoms with van der Waals surface area (Å²) >= 11 is 0. The van der Waals surface area contributed by atoms with Crippen molar-refractivity contribution in [3.05, 3.63) is 48.4 Å². The first-order valence-electron chi connectivity index (χ1n) is 11.2. The average molecular weight is 446 g/mol. The van der Waals surface area contributed by atoms with Crippen LogP contribution < -0.4 is 5.73 Å². The number of carbonyl (C=O) groups is 1. The van der Waals surface area contributed by atoms with Gasteiger partial charge in [-0.1, -0.05) is 12.8 Å². The lowest BCUT2D eigenvalue weighted by Crippen LogP contribution is -2.36. The highest BCUT2D eigenvalue weighted by Gasteiger charge is 2.40. The third-order valence-corrected chi connectivity index (χ3v) is 7.09. The number of carbonyl (C=O) groups excluding carboxylic acids is 1. The molecule has 168 valence electrons. The second kappa shape index (κ2) is 7.68. The number of nitrogens with two attached hydrogens (primary N) is 1. The Morgan fingerprint density at radius 2 is 2.15 bits per heavy atom. The highest BCUT2D eigenvalue weighted by Crippen LogP contribution is 2.45. The topological polar surface area (TPSA) is 111 Å². The molecular weight excluding hydrogens is 423 g/mol. The van der Waals surface area contributed by atoms with Gasteiger partial charge in [0.05, 0.1) is 18.4 Å². The fourth-order valence-electron chi connectivity index (χ4n) is 5.42. The highest BCUT2D eigenvalue weighted by molar-refractivity contribution is 5.92. The summed E-state index contributed by atoms with van der Waals surface area (Å²) in [4.78, 5) is 24.1. The molecule has 0 spiro atoms. The summed E-state index contributed by atoms with van der Waals surface area (Å²) in [6, 6.07) is 3.21. The van der Waals surface area contributed by atoms with Crippen LogP contribution in [0.5, 0.6) is 0 Å². The van der Waals surface area contributed by atoms with Gasteiger partial charge in [0, 0.05) is 28.9 Å². The molecule has 3 fully saturated rings. The maximum atomic E-state index is 13.7. The van der Waals surface area contributed by atoms with E-state index in [0.29, 0.717) is 39.8 Å². The van der Waals surface area contributed by atoms with Crippen LogP contribution in [0.15, 0.2) is 37.0 Å². The van der Waals surface area contributed by atoms with Gasteiger partial charge in [0.1, 0.15) is 17.0 Å². The van der Waals surface area contributed by atoms with E-state index in [9.17, 15) is 9.18 Å². The molecule has 7 rings (SSSR count). The Hall–Kier alpha value is -3.75. The van der Waals surface area contributed by atoms with Gasteiger partial charge in [0.15, 0.2) is 11.6 Å². The van der Waals surface area contributed by atoms with Crippen LogP contribution in [0.3, 0.4) is 0 Å². The van der Waals surface area contributed by atoms with Crippen molar-refractivity contribution in [2.24, 2.45) is 17.8 Å². The van der Waals surface area contributed by atoms with Crippen LogP contribution in [-0.2, 0) is 9.53 Å². The molecule has 1 atom stereocenters. The zero-order valence-electron chi connectivity index (χ0n) is 17.9. The van der Waals surface area contributed by atoms with E-state index < -0.39 is 5.82 Å². The Balaban J connectivity index is 1.25. The maximum Gasteiger partial charge on any atom is 0.314 e. The number of hydrogen-bond acceptors (Lipinski definition) is 6. The predicted octanol–water partition coefficient (Wildman–Crippen LogP) is 4.33. The number of nitrogen functional groups attached to an aromatic ring is 1. The van der Waals surface area contributed by atoms with Crippen molar-refractivity contribution in [1.82, 2.24) is 24.6 Å². The minimum Gasteiger partial charge on any atom is -0.434 e. The van der Waals surface area contributed by atoms with Gasteiger partial charge < -0.3 is 15.5 Å². The Morgan fingerprint density at radius 1 is 1.30 bits per heavy atom. The van der Waals surface area contributed by atoms with Crippen molar-refractivity contribution in [2.75, 3.05) is 5.73 Å². The van der Waals surface area contributed by atoms with Crippen LogP contribution in [0.2, 0.25) is 0 Å². The van der Waals surface area contributed by atoms with Crippen molar-refractivity contribution in [3.8, 4) is 11.4 Å². The Morgan fingerprint density at radius 3 is 2.94 bits per heavy atom. The number of pyridine rings is 1. The van der Waals surface area contributed by atoms with Crippen LogP contribution >= 0.6 is 0 Å². The lowest BCUT2D eigenvalue weighted by Gasteiger charge is -2.40. The van der Waals surface area contributed by atoms with Gasteiger partial charge in [0.2, 0.25) is 0 Å². The summed E-state index contributed by atoms with van der Waals surface area (Å²) in [7, 11) is 0. The molecule has 0 aliphatic heterocycles. The van der Waals surface area contributed by atoms with E-state index in [4.69, 9.17) is 10.5 Å². The first-order valence-corrected chi connectivity index (χ1v) is 11.2. The molecule has 3 saturated carbocycles. The van der Waals surface area contributed by atoms with E-state index in [-0.39, 0.29) is 17.7 Å². The van der Waals surface area contributed by atoms with Crippen molar-refractivity contribution in [1.29, 1.82) is 0 Å². The summed E-state index contributed by atoms with van der Waals surface area (Å²) in [6.45, 7) is 0. The molecule has 33 heavy (non-hydrogen) atoms. The van der Waals surface area contributed by atoms with Gasteiger partial charge in [-0.2, -0.15) is 0 Å². The van der Waals surface area contributed by atoms with Crippen molar-refractivity contribution in [2.45, 2.75) is 32.1 Å². The number of rotatable bonds is 4. The SMILES string of the molecule is Nc1nc(-c2c[nH]c3ncc(F)cc23)nn2ccc(/C=C\OC(=O)[C@@H]3C[C@H]4CC[C@@H]3CC4)c12. The van der Waals surface area contributed by atoms with Gasteiger partial charge in [0.25, 0.3) is 0 Å². The average Bonchev–Trinajstić information content (AvgIpc) is 3.44. The molecule has 4 aromatic rings. The molecule has 2 bridgehead atoms. The molecule has 3 aliphatic rings. The van der Waals surface area contributed by atoms with Gasteiger partial charge in [-0.3, -0.25) is 4.79 Å². The molecule has 4 heterocycles. The van der Waals surface area contributed by atoms with Gasteiger partial charge >= 0.3 is 5.97 Å². The standard InChI is InChI=1S/C24H23FN6O2/c25-16-10-18-19(12-28-22(18)27-11-16)23-29-21(26)20-15(5-7-31(20)30-23)6-8-33-24(32)17-9-13-1-3-14(17)4-2-13/h5-8,10-14,17H,1-4,9H2,(H,27,28)(H2,26,29,30)/b8-6-/t13-,14+,17-/m1/s1. The number of H-pyrrole nitrogens is 1. The number of nitrogens with one attached hydrogen (secondary N) is 1. The molecule has 0 saturated heterocycles. The largest absolute Gasteiger partial charge is 0.434 e. The van der Waals surface area contributed by atoms with E-state index >= 15 is 0 Å². The van der Waals surface area contributed by atoms with E-state index in [1.165, 1.54) is 25.2 Å². The van der Waals surface area contributed by atoms with Crippen LogP contribution in [0.25, 0.3) is 34.0 Å². The van der Waals surface area contributed by atoms with Crippen LogP contribution in [0.4, 0.5) is 10.2 Å².